The highest BCUT2D eigenvalue weighted by Gasteiger charge is 2.25. The predicted octanol–water partition coefficient (Wildman–Crippen LogP) is -1.46. The molecule has 2 aliphatic rings. The third-order valence-electron chi connectivity index (χ3n) is 2.73. The number of fused-ring (bicyclic) bond motifs is 1. The lowest BCUT2D eigenvalue weighted by Crippen LogP contribution is -2.45. The van der Waals surface area contributed by atoms with E-state index >= 15 is 0 Å². The Kier molecular flexibility index (Phi) is 3.68. The van der Waals surface area contributed by atoms with E-state index in [-0.39, 0.29) is 16.5 Å². The quantitative estimate of drug-likeness (QED) is 0.306. The van der Waals surface area contributed by atoms with Gasteiger partial charge < -0.3 is 10.6 Å². The fraction of sp³-hybridized carbons (Fsp3) is 0. The minimum Gasteiger partial charge on any atom is -0.362 e. The van der Waals surface area contributed by atoms with Crippen molar-refractivity contribution in [1.82, 2.24) is 0 Å². The lowest BCUT2D eigenvalue weighted by Gasteiger charge is -2.09. The summed E-state index contributed by atoms with van der Waals surface area (Å²) in [7, 11) is -4.55. The zero-order valence-electron chi connectivity index (χ0n) is 10.5. The Balaban J connectivity index is 3.43. The highest BCUT2D eigenvalue weighted by Crippen LogP contribution is 2.17. The Morgan fingerprint density at radius 2 is 1.91 bits per heavy atom. The van der Waals surface area contributed by atoms with Crippen LogP contribution >= 0.6 is 0 Å². The molecule has 0 aromatic heterocycles. The van der Waals surface area contributed by atoms with Gasteiger partial charge in [-0.2, -0.15) is 0 Å². The summed E-state index contributed by atoms with van der Waals surface area (Å²) in [6, 6.07) is 3.69. The largest absolute Gasteiger partial charge is 0.362 e. The smallest absolute Gasteiger partial charge is 0.339 e. The van der Waals surface area contributed by atoms with Crippen molar-refractivity contribution in [1.29, 1.82) is 5.39 Å². The number of nitrogens with zero attached hydrogens (tertiary/aromatic N) is 6. The van der Waals surface area contributed by atoms with E-state index in [4.69, 9.17) is 16.1 Å². The van der Waals surface area contributed by atoms with Gasteiger partial charge in [-0.1, -0.05) is 12.1 Å². The minimum atomic E-state index is -4.55. The number of rotatable bonds is 2. The lowest BCUT2D eigenvalue weighted by atomic mass is 10.0. The van der Waals surface area contributed by atoms with Crippen LogP contribution in [0.5, 0.6) is 0 Å². The van der Waals surface area contributed by atoms with Gasteiger partial charge >= 0.3 is 5.08 Å². The molecule has 110 valence electrons. The molecule has 11 nitrogen and oxygen atoms in total. The van der Waals surface area contributed by atoms with Gasteiger partial charge in [0.05, 0.1) is 0 Å². The van der Waals surface area contributed by atoms with Crippen molar-refractivity contribution in [2.45, 2.75) is 4.90 Å². The first-order valence-electron chi connectivity index (χ1n) is 5.42. The molecule has 2 N–H and O–H groups in total. The minimum absolute atomic E-state index is 0.240. The maximum absolute atomic E-state index is 12.0. The van der Waals surface area contributed by atoms with E-state index in [0.717, 1.165) is 0 Å². The first-order chi connectivity index (χ1) is 10.3. The molecule has 0 aromatic carbocycles. The first kappa shape index (κ1) is 15.2. The molecular formula is C10H5N7O4S. The van der Waals surface area contributed by atoms with Crippen molar-refractivity contribution >= 4 is 10.0 Å². The van der Waals surface area contributed by atoms with Gasteiger partial charge in [0.2, 0.25) is 20.9 Å². The third kappa shape index (κ3) is 2.30. The van der Waals surface area contributed by atoms with E-state index in [0.29, 0.717) is 0 Å². The summed E-state index contributed by atoms with van der Waals surface area (Å²) in [6.07, 6.45) is 0. The summed E-state index contributed by atoms with van der Waals surface area (Å²) in [6.45, 7) is 0. The molecule has 22 heavy (non-hydrogen) atoms. The van der Waals surface area contributed by atoms with Gasteiger partial charge in [0, 0.05) is 16.5 Å². The van der Waals surface area contributed by atoms with Gasteiger partial charge in [-0.25, -0.2) is 13.6 Å². The van der Waals surface area contributed by atoms with Crippen LogP contribution in [-0.2, 0) is 10.0 Å². The molecule has 2 rings (SSSR count). The molecule has 2 aliphatic carbocycles. The highest BCUT2D eigenvalue weighted by atomic mass is 32.2. The Morgan fingerprint density at radius 3 is 2.45 bits per heavy atom. The Morgan fingerprint density at radius 1 is 1.23 bits per heavy atom. The zero-order valence-corrected chi connectivity index (χ0v) is 11.4. The van der Waals surface area contributed by atoms with Crippen LogP contribution in [0.25, 0.3) is 21.7 Å². The average molecular weight is 319 g/mol. The molecule has 0 aromatic rings. The molecule has 0 radical (unpaired) electrons. The number of hydrogen-bond acceptors (Lipinski definition) is 7. The van der Waals surface area contributed by atoms with Crippen LogP contribution in [-0.4, -0.2) is 8.42 Å². The van der Waals surface area contributed by atoms with E-state index in [1.807, 2.05) is 0 Å². The first-order valence-corrected chi connectivity index (χ1v) is 6.97. The van der Waals surface area contributed by atoms with Crippen molar-refractivity contribution in [3.63, 3.8) is 0 Å². The van der Waals surface area contributed by atoms with Gasteiger partial charge in [0.1, 0.15) is 4.90 Å². The second kappa shape index (κ2) is 5.31. The number of nitrogens with two attached hydrogens (primary N) is 1. The van der Waals surface area contributed by atoms with E-state index in [1.54, 1.807) is 0 Å². The highest BCUT2D eigenvalue weighted by molar-refractivity contribution is 7.89. The molecule has 12 heteroatoms. The molecule has 0 unspecified atom stereocenters. The van der Waals surface area contributed by atoms with Crippen LogP contribution < -0.4 is 26.7 Å². The normalized spacial score (nSPS) is 13.3. The molecule has 0 fully saturated rings. The van der Waals surface area contributed by atoms with Gasteiger partial charge in [-0.15, -0.1) is 0 Å². The van der Waals surface area contributed by atoms with E-state index in [1.165, 1.54) is 18.2 Å². The topological polar surface area (TPSA) is 182 Å². The molecule has 0 bridgehead atoms. The van der Waals surface area contributed by atoms with Crippen molar-refractivity contribution in [3.8, 4) is 11.1 Å². The molecule has 0 saturated carbocycles. The number of hydrogen-bond donors (Lipinski definition) is 1. The van der Waals surface area contributed by atoms with Crippen LogP contribution in [0.15, 0.2) is 48.1 Å². The van der Waals surface area contributed by atoms with Crippen molar-refractivity contribution in [2.75, 3.05) is 0 Å². The maximum Gasteiger partial charge on any atom is 0.339 e. The summed E-state index contributed by atoms with van der Waals surface area (Å²) in [4.78, 5) is 23.0. The fourth-order valence-corrected chi connectivity index (χ4v) is 2.87. The average Bonchev–Trinajstić information content (AvgIpc) is 2.44. The maximum atomic E-state index is 12.0. The van der Waals surface area contributed by atoms with Crippen LogP contribution in [0, 0.1) is 5.39 Å². The second-order valence-corrected chi connectivity index (χ2v) is 5.46. The summed E-state index contributed by atoms with van der Waals surface area (Å²) in [5.74, 6) is 0. The molecule has 0 heterocycles. The van der Waals surface area contributed by atoms with E-state index in [9.17, 15) is 18.0 Å². The van der Waals surface area contributed by atoms with Gasteiger partial charge in [-0.3, -0.25) is 14.8 Å². The second-order valence-electron chi connectivity index (χ2n) is 3.96. The third-order valence-corrected chi connectivity index (χ3v) is 3.70. The molecule has 0 atom stereocenters. The summed E-state index contributed by atoms with van der Waals surface area (Å²) in [5, 5.41) is 23.4. The standard InChI is InChI=1S/C10H5N7O4S/c11-16-14-5-3-1-2-4-6(5)10(22(13,20)21)7(15-17-12)9(19)8(4)18/h1-3H,(H2,13,20,21). The van der Waals surface area contributed by atoms with Crippen molar-refractivity contribution < 1.29 is 8.42 Å². The Bertz CT molecular complexity index is 1120. The molecule has 0 saturated heterocycles. The number of diazo groups is 1. The van der Waals surface area contributed by atoms with Crippen molar-refractivity contribution in [3.05, 3.63) is 60.0 Å². The number of sulfonamides is 1. The van der Waals surface area contributed by atoms with Gasteiger partial charge in [0.15, 0.2) is 10.5 Å². The Labute approximate surface area is 121 Å². The summed E-state index contributed by atoms with van der Waals surface area (Å²) in [5.41, 5.74) is 5.38. The van der Waals surface area contributed by atoms with Gasteiger partial charge in [-0.05, 0) is 6.07 Å². The van der Waals surface area contributed by atoms with Gasteiger partial charge in [0.25, 0.3) is 5.39 Å². The molecular weight excluding hydrogens is 314 g/mol. The summed E-state index contributed by atoms with van der Waals surface area (Å²) < 4.78 is 23.6. The van der Waals surface area contributed by atoms with Crippen LogP contribution in [0.1, 0.15) is 0 Å². The van der Waals surface area contributed by atoms with Crippen molar-refractivity contribution in [2.24, 2.45) is 20.6 Å². The summed E-state index contributed by atoms with van der Waals surface area (Å²) >= 11 is 0. The molecule has 0 amide bonds. The Hall–Kier alpha value is -3.17. The molecule has 0 aliphatic heterocycles. The zero-order chi connectivity index (χ0) is 16.5. The van der Waals surface area contributed by atoms with E-state index < -0.39 is 31.1 Å². The SMILES string of the molecule is N#[N+]N=c1cccc2c(=O)c(=O)c(=NN=[N-])c(S(N)(=O)=O)c1-2. The fourth-order valence-electron chi connectivity index (χ4n) is 1.96. The number of primary sulfonamides is 1. The van der Waals surface area contributed by atoms with E-state index in [2.05, 4.69) is 20.5 Å². The van der Waals surface area contributed by atoms with Crippen LogP contribution in [0.3, 0.4) is 0 Å². The number of benzene rings is 2. The van der Waals surface area contributed by atoms with Crippen LogP contribution in [0.2, 0.25) is 0 Å². The predicted molar refractivity (Wildman–Crippen MR) is 71.3 cm³/mol. The monoisotopic (exact) mass is 319 g/mol. The van der Waals surface area contributed by atoms with Crippen LogP contribution in [0.4, 0.5) is 0 Å². The molecule has 0 spiro atoms. The lowest BCUT2D eigenvalue weighted by molar-refractivity contribution is 0.596.